The van der Waals surface area contributed by atoms with Crippen LogP contribution in [0.15, 0.2) is 23.2 Å². The highest BCUT2D eigenvalue weighted by Gasteiger charge is 2.30. The molecule has 0 unspecified atom stereocenters. The first-order valence-electron chi connectivity index (χ1n) is 9.16. The Morgan fingerprint density at radius 2 is 1.93 bits per heavy atom. The first-order valence-corrected chi connectivity index (χ1v) is 9.98. The molecule has 3 rings (SSSR count). The maximum atomic E-state index is 12.4. The molecule has 1 aliphatic heterocycles. The Morgan fingerprint density at radius 3 is 2.59 bits per heavy atom. The second kappa shape index (κ2) is 8.99. The van der Waals surface area contributed by atoms with Crippen LogP contribution >= 0.6 is 11.3 Å². The molecule has 0 N–H and O–H groups in total. The Hall–Kier alpha value is -3.01. The lowest BCUT2D eigenvalue weighted by Gasteiger charge is -2.10. The van der Waals surface area contributed by atoms with Crippen molar-refractivity contribution < 1.29 is 28.7 Å². The second-order valence-corrected chi connectivity index (χ2v) is 7.31. The topological polar surface area (TPSA) is 107 Å². The molecule has 154 valence electrons. The van der Waals surface area contributed by atoms with Crippen molar-refractivity contribution in [2.24, 2.45) is 4.99 Å². The molecular weight excluding hydrogens is 398 g/mol. The molecular formula is C19H21N3O6S. The van der Waals surface area contributed by atoms with Gasteiger partial charge >= 0.3 is 5.97 Å². The van der Waals surface area contributed by atoms with Crippen LogP contribution in [0.1, 0.15) is 26.2 Å². The third kappa shape index (κ3) is 4.70. The number of esters is 1. The van der Waals surface area contributed by atoms with Crippen LogP contribution in [0.4, 0.5) is 0 Å². The van der Waals surface area contributed by atoms with Gasteiger partial charge in [-0.15, -0.1) is 0 Å². The molecule has 2 aromatic rings. The number of fused-ring (bicyclic) bond motifs is 1. The molecule has 29 heavy (non-hydrogen) atoms. The van der Waals surface area contributed by atoms with Gasteiger partial charge < -0.3 is 14.0 Å². The number of methoxy groups -OCH3 is 1. The smallest absolute Gasteiger partial charge is 0.307 e. The Morgan fingerprint density at radius 1 is 1.21 bits per heavy atom. The van der Waals surface area contributed by atoms with Crippen molar-refractivity contribution in [2.75, 3.05) is 20.3 Å². The molecule has 1 aromatic carbocycles. The molecule has 1 aromatic heterocycles. The summed E-state index contributed by atoms with van der Waals surface area (Å²) >= 11 is 1.27. The number of rotatable bonds is 7. The summed E-state index contributed by atoms with van der Waals surface area (Å²) in [5.41, 5.74) is 0.794. The number of thiazole rings is 1. The van der Waals surface area contributed by atoms with E-state index in [1.54, 1.807) is 10.6 Å². The van der Waals surface area contributed by atoms with Crippen molar-refractivity contribution in [1.82, 2.24) is 9.47 Å². The van der Waals surface area contributed by atoms with Crippen LogP contribution in [0.2, 0.25) is 0 Å². The van der Waals surface area contributed by atoms with Crippen LogP contribution in [0.25, 0.3) is 10.2 Å². The first kappa shape index (κ1) is 20.7. The number of nitrogens with zero attached hydrogens (tertiary/aromatic N) is 3. The third-order valence-corrected chi connectivity index (χ3v) is 5.44. The number of imide groups is 1. The molecule has 3 amide bonds. The van der Waals surface area contributed by atoms with E-state index in [-0.39, 0.29) is 50.1 Å². The van der Waals surface area contributed by atoms with Gasteiger partial charge in [0.1, 0.15) is 12.3 Å². The fraction of sp³-hybridized carbons (Fsp3) is 0.421. The van der Waals surface area contributed by atoms with Gasteiger partial charge in [0.2, 0.25) is 11.8 Å². The predicted octanol–water partition coefficient (Wildman–Crippen LogP) is 1.24. The summed E-state index contributed by atoms with van der Waals surface area (Å²) in [6.07, 6.45) is 0.350. The molecule has 1 saturated heterocycles. The number of carbonyl (C=O) groups is 4. The van der Waals surface area contributed by atoms with E-state index in [4.69, 9.17) is 9.47 Å². The van der Waals surface area contributed by atoms with Crippen molar-refractivity contribution >= 4 is 45.2 Å². The number of aromatic nitrogens is 1. The Balaban J connectivity index is 1.95. The van der Waals surface area contributed by atoms with Gasteiger partial charge in [-0.2, -0.15) is 4.99 Å². The number of aryl methyl sites for hydroxylation is 1. The highest BCUT2D eigenvalue weighted by molar-refractivity contribution is 7.16. The lowest BCUT2D eigenvalue weighted by molar-refractivity contribution is -0.142. The molecule has 0 spiro atoms. The first-order chi connectivity index (χ1) is 13.9. The van der Waals surface area contributed by atoms with Crippen molar-refractivity contribution in [1.29, 1.82) is 0 Å². The third-order valence-electron chi connectivity index (χ3n) is 4.40. The Bertz CT molecular complexity index is 1020. The number of ether oxygens (including phenoxy) is 2. The average molecular weight is 419 g/mol. The van der Waals surface area contributed by atoms with Gasteiger partial charge in [-0.05, 0) is 25.1 Å². The molecule has 0 saturated carbocycles. The maximum Gasteiger partial charge on any atom is 0.307 e. The van der Waals surface area contributed by atoms with E-state index in [9.17, 15) is 19.2 Å². The van der Waals surface area contributed by atoms with Crippen molar-refractivity contribution in [3.63, 3.8) is 0 Å². The minimum Gasteiger partial charge on any atom is -0.494 e. The standard InChI is InChI=1S/C19H21N3O6S/c1-3-28-12-4-5-13-14(10-12)29-19(21(13)9-8-18(26)27-2)20-15(23)11-22-16(24)6-7-17(22)25/h4-5,10H,3,6-9,11H2,1-2H3. The molecule has 9 nitrogen and oxygen atoms in total. The van der Waals surface area contributed by atoms with Crippen LogP contribution in [-0.4, -0.2) is 53.4 Å². The van der Waals surface area contributed by atoms with Crippen LogP contribution in [-0.2, 0) is 30.5 Å². The number of carbonyl (C=O) groups excluding carboxylic acids is 4. The van der Waals surface area contributed by atoms with E-state index >= 15 is 0 Å². The van der Waals surface area contributed by atoms with E-state index in [2.05, 4.69) is 4.99 Å². The van der Waals surface area contributed by atoms with Gasteiger partial charge in [-0.3, -0.25) is 24.1 Å². The highest BCUT2D eigenvalue weighted by Crippen LogP contribution is 2.24. The molecule has 0 bridgehead atoms. The number of likely N-dealkylation sites (tertiary alicyclic amines) is 1. The maximum absolute atomic E-state index is 12.4. The summed E-state index contributed by atoms with van der Waals surface area (Å²) in [6, 6.07) is 5.49. The Kier molecular flexibility index (Phi) is 6.42. The second-order valence-electron chi connectivity index (χ2n) is 6.30. The number of hydrogen-bond donors (Lipinski definition) is 0. The summed E-state index contributed by atoms with van der Waals surface area (Å²) in [5.74, 6) is -1.03. The van der Waals surface area contributed by atoms with E-state index in [1.165, 1.54) is 18.4 Å². The Labute approximate surface area is 170 Å². The van der Waals surface area contributed by atoms with Crippen molar-refractivity contribution in [3.8, 4) is 5.75 Å². The molecule has 0 aliphatic carbocycles. The quantitative estimate of drug-likeness (QED) is 0.494. The van der Waals surface area contributed by atoms with Crippen molar-refractivity contribution in [3.05, 3.63) is 23.0 Å². The number of benzene rings is 1. The normalized spacial score (nSPS) is 14.7. The molecule has 0 radical (unpaired) electrons. The molecule has 1 aliphatic rings. The van der Waals surface area contributed by atoms with Gasteiger partial charge in [0.15, 0.2) is 4.80 Å². The lowest BCUT2D eigenvalue weighted by Crippen LogP contribution is -2.34. The average Bonchev–Trinajstić information content (AvgIpc) is 3.19. The van der Waals surface area contributed by atoms with Gasteiger partial charge in [-0.1, -0.05) is 11.3 Å². The molecule has 1 fully saturated rings. The van der Waals surface area contributed by atoms with E-state index in [0.29, 0.717) is 17.2 Å². The minimum atomic E-state index is -0.600. The summed E-state index contributed by atoms with van der Waals surface area (Å²) < 4.78 is 12.8. The minimum absolute atomic E-state index is 0.111. The molecule has 0 atom stereocenters. The van der Waals surface area contributed by atoms with Gasteiger partial charge in [0.25, 0.3) is 5.91 Å². The molecule has 10 heteroatoms. The van der Waals surface area contributed by atoms with Gasteiger partial charge in [0, 0.05) is 19.4 Å². The van der Waals surface area contributed by atoms with Crippen LogP contribution in [0.5, 0.6) is 5.75 Å². The number of amides is 3. The van der Waals surface area contributed by atoms with E-state index < -0.39 is 5.91 Å². The fourth-order valence-corrected chi connectivity index (χ4v) is 4.09. The summed E-state index contributed by atoms with van der Waals surface area (Å²) in [4.78, 5) is 52.9. The zero-order valence-electron chi connectivity index (χ0n) is 16.2. The lowest BCUT2D eigenvalue weighted by atomic mass is 10.3. The van der Waals surface area contributed by atoms with E-state index in [1.807, 2.05) is 19.1 Å². The van der Waals surface area contributed by atoms with E-state index in [0.717, 1.165) is 15.1 Å². The molecule has 2 heterocycles. The van der Waals surface area contributed by atoms with Crippen LogP contribution in [0.3, 0.4) is 0 Å². The summed E-state index contributed by atoms with van der Waals surface area (Å²) in [5, 5.41) is 0. The highest BCUT2D eigenvalue weighted by atomic mass is 32.1. The number of hydrogen-bond acceptors (Lipinski definition) is 7. The zero-order valence-corrected chi connectivity index (χ0v) is 17.0. The largest absolute Gasteiger partial charge is 0.494 e. The summed E-state index contributed by atoms with van der Waals surface area (Å²) in [7, 11) is 1.31. The summed E-state index contributed by atoms with van der Waals surface area (Å²) in [6.45, 7) is 2.30. The fourth-order valence-electron chi connectivity index (χ4n) is 2.99. The van der Waals surface area contributed by atoms with Gasteiger partial charge in [-0.25, -0.2) is 0 Å². The van der Waals surface area contributed by atoms with Crippen molar-refractivity contribution in [2.45, 2.75) is 32.7 Å². The SMILES string of the molecule is CCOc1ccc2c(c1)sc(=NC(=O)CN1C(=O)CCC1=O)n2CCC(=O)OC. The monoisotopic (exact) mass is 419 g/mol. The van der Waals surface area contributed by atoms with Gasteiger partial charge in [0.05, 0.1) is 30.4 Å². The zero-order chi connectivity index (χ0) is 21.0. The predicted molar refractivity (Wildman–Crippen MR) is 104 cm³/mol. The van der Waals surface area contributed by atoms with Crippen LogP contribution in [0, 0.1) is 0 Å². The van der Waals surface area contributed by atoms with Crippen LogP contribution < -0.4 is 9.54 Å².